The van der Waals surface area contributed by atoms with E-state index in [9.17, 15) is 13.2 Å². The Balaban J connectivity index is 4.79. The molecule has 1 amide bonds. The minimum absolute atomic E-state index is 0.000124. The number of sulfonamides is 1. The third-order valence-corrected chi connectivity index (χ3v) is 8.47. The Hall–Kier alpha value is -0.700. The summed E-state index contributed by atoms with van der Waals surface area (Å²) in [6.45, 7) is 29.6. The van der Waals surface area contributed by atoms with E-state index in [-0.39, 0.29) is 28.3 Å². The average molecular weight is 563 g/mol. The third-order valence-electron chi connectivity index (χ3n) is 6.45. The third kappa shape index (κ3) is 17.1. The van der Waals surface area contributed by atoms with E-state index in [2.05, 4.69) is 51.6 Å². The Bertz CT molecular complexity index is 837. The molecule has 0 saturated heterocycles. The Labute approximate surface area is 236 Å². The maximum atomic E-state index is 13.0. The van der Waals surface area contributed by atoms with Crippen LogP contribution < -0.4 is 10.0 Å². The van der Waals surface area contributed by atoms with Gasteiger partial charge in [0.1, 0.15) is 0 Å². The van der Waals surface area contributed by atoms with Gasteiger partial charge in [0.2, 0.25) is 15.9 Å². The van der Waals surface area contributed by atoms with Crippen LogP contribution in [0.4, 0.5) is 0 Å². The van der Waals surface area contributed by atoms with E-state index in [1.165, 1.54) is 0 Å². The Morgan fingerprint density at radius 2 is 1.24 bits per heavy atom. The summed E-state index contributed by atoms with van der Waals surface area (Å²) in [6.07, 6.45) is 4.02. The summed E-state index contributed by atoms with van der Waals surface area (Å²) in [7, 11) is -3.54. The average Bonchev–Trinajstić information content (AvgIpc) is 2.59. The Morgan fingerprint density at radius 3 is 1.74 bits per heavy atom. The van der Waals surface area contributed by atoms with E-state index >= 15 is 0 Å². The van der Waals surface area contributed by atoms with Gasteiger partial charge in [-0.1, -0.05) is 61.8 Å². The van der Waals surface area contributed by atoms with Gasteiger partial charge >= 0.3 is 0 Å². The largest absolute Gasteiger partial charge is 0.375 e. The number of carbonyl (C=O) groups excluding carboxylic acids is 1. The topological polar surface area (TPSA) is 93.7 Å². The molecule has 0 unspecified atom stereocenters. The van der Waals surface area contributed by atoms with Gasteiger partial charge in [0.25, 0.3) is 0 Å². The van der Waals surface area contributed by atoms with Crippen molar-refractivity contribution in [2.24, 2.45) is 16.2 Å². The fourth-order valence-electron chi connectivity index (χ4n) is 5.71. The molecule has 7 nitrogen and oxygen atoms in total. The Morgan fingerprint density at radius 1 is 0.737 bits per heavy atom. The number of nitrogens with one attached hydrogen (secondary N) is 2. The van der Waals surface area contributed by atoms with Gasteiger partial charge in [-0.05, 0) is 78.1 Å². The standard InChI is InChI=1S/C30H62N2O5S/c1-15-16-29(11,12)36-19-17-30(13,14)37-20-18-31-24(33)27(7,8)22-26(5,6)23-38(34,35)32-28(9,10)21-25(2,3)4/h32H,15-23H2,1-14H3,(H,31,33). The second-order valence-corrected chi connectivity index (χ2v) is 17.4. The molecule has 0 aliphatic heterocycles. The number of rotatable bonds is 18. The summed E-state index contributed by atoms with van der Waals surface area (Å²) < 4.78 is 41.0. The molecule has 0 aromatic carbocycles. The summed E-state index contributed by atoms with van der Waals surface area (Å²) in [5, 5.41) is 2.98. The molecule has 0 aliphatic carbocycles. The van der Waals surface area contributed by atoms with Crippen LogP contribution in [0.15, 0.2) is 0 Å². The molecule has 0 spiro atoms. The van der Waals surface area contributed by atoms with Gasteiger partial charge < -0.3 is 14.8 Å². The molecule has 228 valence electrons. The van der Waals surface area contributed by atoms with Crippen LogP contribution in [0.25, 0.3) is 0 Å². The molecule has 8 heteroatoms. The molecule has 0 atom stereocenters. The van der Waals surface area contributed by atoms with E-state index < -0.39 is 26.4 Å². The predicted octanol–water partition coefficient (Wildman–Crippen LogP) is 6.46. The normalized spacial score (nSPS) is 14.6. The molecule has 2 N–H and O–H groups in total. The lowest BCUT2D eigenvalue weighted by Gasteiger charge is -2.36. The molecule has 0 saturated carbocycles. The molecule has 0 aliphatic rings. The van der Waals surface area contributed by atoms with Gasteiger partial charge in [-0.2, -0.15) is 0 Å². The molecule has 0 heterocycles. The quantitative estimate of drug-likeness (QED) is 0.187. The second kappa shape index (κ2) is 13.8. The minimum atomic E-state index is -3.54. The van der Waals surface area contributed by atoms with Gasteiger partial charge in [0.05, 0.1) is 30.2 Å². The number of hydrogen-bond donors (Lipinski definition) is 2. The smallest absolute Gasteiger partial charge is 0.225 e. The van der Waals surface area contributed by atoms with E-state index in [0.29, 0.717) is 26.2 Å². The van der Waals surface area contributed by atoms with Crippen LogP contribution in [0.2, 0.25) is 0 Å². The maximum absolute atomic E-state index is 13.0. The van der Waals surface area contributed by atoms with Gasteiger partial charge in [-0.15, -0.1) is 0 Å². The van der Waals surface area contributed by atoms with Crippen molar-refractivity contribution in [3.05, 3.63) is 0 Å². The van der Waals surface area contributed by atoms with Crippen molar-refractivity contribution in [1.82, 2.24) is 10.0 Å². The van der Waals surface area contributed by atoms with Crippen molar-refractivity contribution in [3.63, 3.8) is 0 Å². The fraction of sp³-hybridized carbons (Fsp3) is 0.967. The van der Waals surface area contributed by atoms with Gasteiger partial charge in [0.15, 0.2) is 0 Å². The SMILES string of the molecule is CCCC(C)(C)OCCC(C)(C)OCCNC(=O)C(C)(C)CC(C)(C)CS(=O)(=O)NC(C)(C)CC(C)(C)C. The highest BCUT2D eigenvalue weighted by Gasteiger charge is 2.39. The van der Waals surface area contributed by atoms with Crippen molar-refractivity contribution in [1.29, 1.82) is 0 Å². The van der Waals surface area contributed by atoms with Crippen LogP contribution in [0, 0.1) is 16.2 Å². The molecule has 0 radical (unpaired) electrons. The van der Waals surface area contributed by atoms with E-state index in [1.807, 2.05) is 55.4 Å². The van der Waals surface area contributed by atoms with Crippen molar-refractivity contribution in [2.75, 3.05) is 25.5 Å². The van der Waals surface area contributed by atoms with Crippen molar-refractivity contribution in [2.45, 2.75) is 146 Å². The van der Waals surface area contributed by atoms with Crippen molar-refractivity contribution in [3.8, 4) is 0 Å². The zero-order chi connectivity index (χ0) is 30.3. The van der Waals surface area contributed by atoms with Crippen molar-refractivity contribution >= 4 is 15.9 Å². The van der Waals surface area contributed by atoms with Crippen LogP contribution >= 0.6 is 0 Å². The summed E-state index contributed by atoms with van der Waals surface area (Å²) in [5.41, 5.74) is -2.35. The van der Waals surface area contributed by atoms with Gasteiger partial charge in [0, 0.05) is 17.5 Å². The first-order valence-corrected chi connectivity index (χ1v) is 16.0. The van der Waals surface area contributed by atoms with Crippen molar-refractivity contribution < 1.29 is 22.7 Å². The molecule has 0 rings (SSSR count). The number of carbonyl (C=O) groups is 1. The summed E-state index contributed by atoms with van der Waals surface area (Å²) in [6, 6.07) is 0. The molecular formula is C30H62N2O5S. The van der Waals surface area contributed by atoms with E-state index in [0.717, 1.165) is 25.7 Å². The molecule has 0 bridgehead atoms. The second-order valence-electron chi connectivity index (χ2n) is 15.7. The summed E-state index contributed by atoms with van der Waals surface area (Å²) >= 11 is 0. The molecule has 0 aromatic heterocycles. The molecule has 38 heavy (non-hydrogen) atoms. The predicted molar refractivity (Wildman–Crippen MR) is 160 cm³/mol. The summed E-state index contributed by atoms with van der Waals surface area (Å²) in [5.74, 6) is -0.145. The first kappa shape index (κ1) is 37.3. The number of hydrogen-bond acceptors (Lipinski definition) is 5. The van der Waals surface area contributed by atoms with Gasteiger partial charge in [-0.25, -0.2) is 13.1 Å². The molecule has 0 fully saturated rings. The molecular weight excluding hydrogens is 500 g/mol. The zero-order valence-corrected chi connectivity index (χ0v) is 28.1. The molecule has 0 aromatic rings. The highest BCUT2D eigenvalue weighted by molar-refractivity contribution is 7.89. The highest BCUT2D eigenvalue weighted by Crippen LogP contribution is 2.36. The minimum Gasteiger partial charge on any atom is -0.375 e. The zero-order valence-electron chi connectivity index (χ0n) is 27.3. The van der Waals surface area contributed by atoms with Crippen LogP contribution in [0.5, 0.6) is 0 Å². The maximum Gasteiger partial charge on any atom is 0.225 e. The van der Waals surface area contributed by atoms with Crippen LogP contribution in [-0.2, 0) is 24.3 Å². The Kier molecular flexibility index (Phi) is 13.5. The van der Waals surface area contributed by atoms with Gasteiger partial charge in [-0.3, -0.25) is 4.79 Å². The number of ether oxygens (including phenoxy) is 2. The highest BCUT2D eigenvalue weighted by atomic mass is 32.2. The monoisotopic (exact) mass is 562 g/mol. The van der Waals surface area contributed by atoms with Crippen LogP contribution in [0.1, 0.15) is 129 Å². The lowest BCUT2D eigenvalue weighted by atomic mass is 9.75. The van der Waals surface area contributed by atoms with Crippen LogP contribution in [0.3, 0.4) is 0 Å². The van der Waals surface area contributed by atoms with E-state index in [4.69, 9.17) is 9.47 Å². The van der Waals surface area contributed by atoms with Crippen LogP contribution in [-0.4, -0.2) is 56.6 Å². The first-order valence-electron chi connectivity index (χ1n) is 14.3. The lowest BCUT2D eigenvalue weighted by Crippen LogP contribution is -2.49. The number of amides is 1. The fourth-order valence-corrected chi connectivity index (χ4v) is 7.83. The summed E-state index contributed by atoms with van der Waals surface area (Å²) in [4.78, 5) is 13.0. The first-order chi connectivity index (χ1) is 16.7. The van der Waals surface area contributed by atoms with E-state index in [1.54, 1.807) is 0 Å². The lowest BCUT2D eigenvalue weighted by molar-refractivity contribution is -0.131.